The number of aliphatic imine (C=N–C) groups is 1. The number of hydrogen-bond acceptors (Lipinski definition) is 1. The molecule has 0 saturated heterocycles. The van der Waals surface area contributed by atoms with Gasteiger partial charge in [-0.3, -0.25) is 4.99 Å². The predicted octanol–water partition coefficient (Wildman–Crippen LogP) is 2.87. The van der Waals surface area contributed by atoms with E-state index in [1.54, 1.807) is 6.20 Å². The second-order valence-corrected chi connectivity index (χ2v) is 2.82. The van der Waals surface area contributed by atoms with Crippen LogP contribution < -0.4 is 0 Å². The van der Waals surface area contributed by atoms with Crippen LogP contribution in [0.5, 0.6) is 0 Å². The van der Waals surface area contributed by atoms with Crippen molar-refractivity contribution in [3.05, 3.63) is 47.7 Å². The molecule has 62 valence electrons. The topological polar surface area (TPSA) is 12.4 Å². The lowest BCUT2D eigenvalue weighted by Gasteiger charge is -1.99. The summed E-state index contributed by atoms with van der Waals surface area (Å²) in [5.41, 5.74) is 3.66. The Labute approximate surface area is 73.5 Å². The van der Waals surface area contributed by atoms with Gasteiger partial charge in [0.2, 0.25) is 0 Å². The molecular formula is C11H13N. The molecule has 0 spiro atoms. The Morgan fingerprint density at radius 1 is 1.33 bits per heavy atom. The van der Waals surface area contributed by atoms with Crippen LogP contribution >= 0.6 is 0 Å². The Kier molecular flexibility index (Phi) is 2.81. The summed E-state index contributed by atoms with van der Waals surface area (Å²) in [5.74, 6) is 0. The lowest BCUT2D eigenvalue weighted by atomic mass is 10.1. The Balaban J connectivity index is 3.04. The SMILES string of the molecule is C=CN=Cc1cc(C)ccc1C. The molecule has 1 aromatic rings. The van der Waals surface area contributed by atoms with Crippen LogP contribution in [0.1, 0.15) is 16.7 Å². The maximum atomic E-state index is 3.98. The minimum absolute atomic E-state index is 1.16. The van der Waals surface area contributed by atoms with Gasteiger partial charge in [0, 0.05) is 12.4 Å². The van der Waals surface area contributed by atoms with Crippen molar-refractivity contribution in [2.75, 3.05) is 0 Å². The zero-order chi connectivity index (χ0) is 8.97. The molecule has 0 fully saturated rings. The summed E-state index contributed by atoms with van der Waals surface area (Å²) in [6, 6.07) is 6.31. The molecule has 0 atom stereocenters. The molecule has 0 aliphatic carbocycles. The Bertz CT molecular complexity index is 311. The van der Waals surface area contributed by atoms with Gasteiger partial charge in [-0.2, -0.15) is 0 Å². The molecule has 0 N–H and O–H groups in total. The number of aryl methyl sites for hydroxylation is 2. The third kappa shape index (κ3) is 2.06. The number of hydrogen-bond donors (Lipinski definition) is 0. The summed E-state index contributed by atoms with van der Waals surface area (Å²) in [4.78, 5) is 3.98. The van der Waals surface area contributed by atoms with Gasteiger partial charge in [-0.1, -0.05) is 30.3 Å². The highest BCUT2D eigenvalue weighted by atomic mass is 14.7. The fourth-order valence-corrected chi connectivity index (χ4v) is 1.03. The lowest BCUT2D eigenvalue weighted by molar-refractivity contribution is 1.38. The maximum Gasteiger partial charge on any atom is 0.0342 e. The normalized spacial score (nSPS) is 10.5. The summed E-state index contributed by atoms with van der Waals surface area (Å²) in [6.07, 6.45) is 3.37. The minimum Gasteiger partial charge on any atom is -0.265 e. The minimum atomic E-state index is 1.16. The van der Waals surface area contributed by atoms with Gasteiger partial charge >= 0.3 is 0 Å². The van der Waals surface area contributed by atoms with Crippen LogP contribution in [-0.2, 0) is 0 Å². The smallest absolute Gasteiger partial charge is 0.0342 e. The number of benzene rings is 1. The second kappa shape index (κ2) is 3.86. The first-order valence-corrected chi connectivity index (χ1v) is 3.95. The van der Waals surface area contributed by atoms with E-state index in [0.717, 1.165) is 5.56 Å². The van der Waals surface area contributed by atoms with E-state index < -0.39 is 0 Å². The first-order valence-electron chi connectivity index (χ1n) is 3.95. The average molecular weight is 159 g/mol. The van der Waals surface area contributed by atoms with Crippen LogP contribution in [-0.4, -0.2) is 6.21 Å². The molecule has 0 radical (unpaired) electrons. The summed E-state index contributed by atoms with van der Waals surface area (Å²) >= 11 is 0. The summed E-state index contributed by atoms with van der Waals surface area (Å²) in [6.45, 7) is 7.68. The average Bonchev–Trinajstić information content (AvgIpc) is 2.07. The van der Waals surface area contributed by atoms with E-state index in [4.69, 9.17) is 0 Å². The van der Waals surface area contributed by atoms with Crippen molar-refractivity contribution in [1.82, 2.24) is 0 Å². The van der Waals surface area contributed by atoms with Gasteiger partial charge in [0.15, 0.2) is 0 Å². The van der Waals surface area contributed by atoms with Gasteiger partial charge in [-0.25, -0.2) is 0 Å². The van der Waals surface area contributed by atoms with Crippen LogP contribution in [0.3, 0.4) is 0 Å². The molecule has 0 unspecified atom stereocenters. The van der Waals surface area contributed by atoms with Gasteiger partial charge < -0.3 is 0 Å². The molecule has 0 heterocycles. The van der Waals surface area contributed by atoms with E-state index in [9.17, 15) is 0 Å². The molecule has 0 aliphatic rings. The third-order valence-corrected chi connectivity index (χ3v) is 1.75. The standard InChI is InChI=1S/C11H13N/c1-4-12-8-11-7-9(2)5-6-10(11)3/h4-8H,1H2,2-3H3. The van der Waals surface area contributed by atoms with Crippen molar-refractivity contribution >= 4 is 6.21 Å². The zero-order valence-corrected chi connectivity index (χ0v) is 7.54. The Hall–Kier alpha value is -1.37. The van der Waals surface area contributed by atoms with Crippen LogP contribution in [0.25, 0.3) is 0 Å². The van der Waals surface area contributed by atoms with Crippen LogP contribution in [0.4, 0.5) is 0 Å². The lowest BCUT2D eigenvalue weighted by Crippen LogP contribution is -1.87. The predicted molar refractivity (Wildman–Crippen MR) is 53.7 cm³/mol. The van der Waals surface area contributed by atoms with E-state index >= 15 is 0 Å². The first-order chi connectivity index (χ1) is 5.74. The summed E-state index contributed by atoms with van der Waals surface area (Å²) in [7, 11) is 0. The third-order valence-electron chi connectivity index (χ3n) is 1.75. The summed E-state index contributed by atoms with van der Waals surface area (Å²) in [5, 5.41) is 0. The van der Waals surface area contributed by atoms with Crippen LogP contribution in [0.2, 0.25) is 0 Å². The van der Waals surface area contributed by atoms with Crippen LogP contribution in [0, 0.1) is 13.8 Å². The highest BCUT2D eigenvalue weighted by molar-refractivity contribution is 5.82. The highest BCUT2D eigenvalue weighted by Crippen LogP contribution is 2.07. The molecule has 1 nitrogen and oxygen atoms in total. The molecule has 12 heavy (non-hydrogen) atoms. The molecule has 0 aliphatic heterocycles. The van der Waals surface area contributed by atoms with Crippen molar-refractivity contribution < 1.29 is 0 Å². The van der Waals surface area contributed by atoms with Gasteiger partial charge in [-0.15, -0.1) is 0 Å². The molecule has 0 saturated carbocycles. The van der Waals surface area contributed by atoms with Gasteiger partial charge in [-0.05, 0) is 25.0 Å². The molecule has 0 amide bonds. The van der Waals surface area contributed by atoms with E-state index in [-0.39, 0.29) is 0 Å². The molecule has 0 bridgehead atoms. The van der Waals surface area contributed by atoms with Crippen molar-refractivity contribution in [3.8, 4) is 0 Å². The van der Waals surface area contributed by atoms with Gasteiger partial charge in [0.05, 0.1) is 0 Å². The Morgan fingerprint density at radius 3 is 2.75 bits per heavy atom. The fourth-order valence-electron chi connectivity index (χ4n) is 1.03. The molecule has 0 aromatic heterocycles. The number of nitrogens with zero attached hydrogens (tertiary/aromatic N) is 1. The Morgan fingerprint density at radius 2 is 2.08 bits per heavy atom. The molecule has 1 aromatic carbocycles. The van der Waals surface area contributed by atoms with E-state index in [1.165, 1.54) is 11.1 Å². The molecule has 1 heteroatoms. The maximum absolute atomic E-state index is 3.98. The monoisotopic (exact) mass is 159 g/mol. The van der Waals surface area contributed by atoms with Crippen molar-refractivity contribution in [1.29, 1.82) is 0 Å². The fraction of sp³-hybridized carbons (Fsp3) is 0.182. The van der Waals surface area contributed by atoms with Crippen molar-refractivity contribution in [2.45, 2.75) is 13.8 Å². The van der Waals surface area contributed by atoms with E-state index in [0.29, 0.717) is 0 Å². The molecular weight excluding hydrogens is 146 g/mol. The summed E-state index contributed by atoms with van der Waals surface area (Å²) < 4.78 is 0. The first kappa shape index (κ1) is 8.72. The quantitative estimate of drug-likeness (QED) is 0.588. The van der Waals surface area contributed by atoms with Crippen molar-refractivity contribution in [2.24, 2.45) is 4.99 Å². The largest absolute Gasteiger partial charge is 0.265 e. The van der Waals surface area contributed by atoms with Gasteiger partial charge in [0.25, 0.3) is 0 Å². The zero-order valence-electron chi connectivity index (χ0n) is 7.54. The number of rotatable bonds is 2. The van der Waals surface area contributed by atoms with Crippen molar-refractivity contribution in [3.63, 3.8) is 0 Å². The second-order valence-electron chi connectivity index (χ2n) is 2.82. The molecule has 1 rings (SSSR count). The highest BCUT2D eigenvalue weighted by Gasteiger charge is 1.93. The van der Waals surface area contributed by atoms with E-state index in [2.05, 4.69) is 43.6 Å². The van der Waals surface area contributed by atoms with E-state index in [1.807, 2.05) is 6.21 Å². The van der Waals surface area contributed by atoms with Crippen LogP contribution in [0.15, 0.2) is 36.0 Å². The van der Waals surface area contributed by atoms with Gasteiger partial charge in [0.1, 0.15) is 0 Å².